The minimum atomic E-state index is -2.03. The Bertz CT molecular complexity index is 1840. The first-order valence-electron chi connectivity index (χ1n) is 13.3. The number of piperidine rings is 1. The number of amides is 1. The lowest BCUT2D eigenvalue weighted by atomic mass is 10.0. The number of halogens is 4. The maximum Gasteiger partial charge on any atom is 0.258 e. The summed E-state index contributed by atoms with van der Waals surface area (Å²) >= 11 is 0.628. The molecule has 1 amide bonds. The van der Waals surface area contributed by atoms with Gasteiger partial charge in [-0.25, -0.2) is 32.2 Å². The summed E-state index contributed by atoms with van der Waals surface area (Å²) in [5.74, 6) is -6.72. The lowest BCUT2D eigenvalue weighted by Gasteiger charge is -2.33. The Morgan fingerprint density at radius 2 is 1.65 bits per heavy atom. The number of para-hydroxylation sites is 1. The average molecular weight is 609 g/mol. The van der Waals surface area contributed by atoms with Crippen molar-refractivity contribution in [3.05, 3.63) is 89.8 Å². The van der Waals surface area contributed by atoms with E-state index in [2.05, 4.69) is 9.97 Å². The number of hydrogen-bond acceptors (Lipinski definition) is 7. The Labute approximate surface area is 247 Å². The van der Waals surface area contributed by atoms with Crippen molar-refractivity contribution in [2.45, 2.75) is 23.8 Å². The predicted octanol–water partition coefficient (Wildman–Crippen LogP) is 6.62. The van der Waals surface area contributed by atoms with Crippen LogP contribution in [0.2, 0.25) is 0 Å². The minimum Gasteiger partial charge on any atom is -0.457 e. The van der Waals surface area contributed by atoms with Crippen molar-refractivity contribution < 1.29 is 27.1 Å². The molecule has 1 saturated heterocycles. The fraction of sp³-hybridized carbons (Fsp3) is 0.200. The molecule has 6 rings (SSSR count). The molecule has 0 radical (unpaired) electrons. The Hall–Kier alpha value is -4.65. The summed E-state index contributed by atoms with van der Waals surface area (Å²) in [6.07, 6.45) is 3.73. The number of nitrogen functional groups attached to an aromatic ring is 1. The molecule has 1 aliphatic heterocycles. The van der Waals surface area contributed by atoms with E-state index in [-0.39, 0.29) is 18.9 Å². The van der Waals surface area contributed by atoms with Crippen LogP contribution >= 0.6 is 11.8 Å². The summed E-state index contributed by atoms with van der Waals surface area (Å²) < 4.78 is 64.8. The molecule has 43 heavy (non-hydrogen) atoms. The number of nitrogens with zero attached hydrogens (tertiary/aromatic N) is 5. The van der Waals surface area contributed by atoms with Gasteiger partial charge < -0.3 is 15.4 Å². The molecule has 0 bridgehead atoms. The lowest BCUT2D eigenvalue weighted by molar-refractivity contribution is 0.0663. The van der Waals surface area contributed by atoms with Crippen molar-refractivity contribution >= 4 is 34.5 Å². The van der Waals surface area contributed by atoms with Gasteiger partial charge in [0.2, 0.25) is 0 Å². The second-order valence-corrected chi connectivity index (χ2v) is 10.7. The number of ether oxygens (including phenoxy) is 1. The summed E-state index contributed by atoms with van der Waals surface area (Å²) in [6.45, 7) is 0.242. The summed E-state index contributed by atoms with van der Waals surface area (Å²) in [7, 11) is 0. The zero-order chi connectivity index (χ0) is 30.2. The highest BCUT2D eigenvalue weighted by Gasteiger charge is 2.34. The van der Waals surface area contributed by atoms with Gasteiger partial charge in [-0.1, -0.05) is 18.2 Å². The van der Waals surface area contributed by atoms with Gasteiger partial charge >= 0.3 is 0 Å². The molecule has 220 valence electrons. The highest BCUT2D eigenvalue weighted by molar-refractivity contribution is 7.98. The average Bonchev–Trinajstić information content (AvgIpc) is 3.43. The van der Waals surface area contributed by atoms with Gasteiger partial charge in [-0.2, -0.15) is 5.10 Å². The number of rotatable bonds is 6. The molecular weight excluding hydrogens is 584 g/mol. The number of likely N-dealkylation sites (tertiary alicyclic amines) is 1. The van der Waals surface area contributed by atoms with Crippen LogP contribution < -0.4 is 10.5 Å². The lowest BCUT2D eigenvalue weighted by Crippen LogP contribution is -2.41. The molecular formula is C30H24F4N6O2S. The maximum atomic E-state index is 14.8. The second kappa shape index (κ2) is 11.6. The molecule has 1 aliphatic rings. The van der Waals surface area contributed by atoms with Crippen molar-refractivity contribution in [3.63, 3.8) is 0 Å². The highest BCUT2D eigenvalue weighted by atomic mass is 32.2. The van der Waals surface area contributed by atoms with Crippen LogP contribution in [0.25, 0.3) is 22.3 Å². The number of fused-ring (bicyclic) bond motifs is 1. The third-order valence-electron chi connectivity index (χ3n) is 7.30. The fourth-order valence-corrected chi connectivity index (χ4v) is 5.90. The quantitative estimate of drug-likeness (QED) is 0.100. The van der Waals surface area contributed by atoms with Gasteiger partial charge in [-0.15, -0.1) is 11.8 Å². The number of nitrogens with two attached hydrogens (primary N) is 1. The van der Waals surface area contributed by atoms with Gasteiger partial charge in [-0.3, -0.25) is 4.79 Å². The molecule has 3 aromatic carbocycles. The van der Waals surface area contributed by atoms with E-state index in [0.29, 0.717) is 52.8 Å². The Morgan fingerprint density at radius 1 is 0.953 bits per heavy atom. The number of carbonyl (C=O) groups excluding carboxylic acids is 1. The van der Waals surface area contributed by atoms with Crippen LogP contribution in [-0.2, 0) is 0 Å². The van der Waals surface area contributed by atoms with Crippen molar-refractivity contribution in [1.82, 2.24) is 24.6 Å². The molecule has 3 heterocycles. The summed E-state index contributed by atoms with van der Waals surface area (Å²) in [5.41, 5.74) is 7.10. The molecule has 0 aliphatic carbocycles. The first-order chi connectivity index (χ1) is 20.8. The molecule has 1 atom stereocenters. The monoisotopic (exact) mass is 608 g/mol. The molecule has 5 aromatic rings. The topological polar surface area (TPSA) is 99.2 Å². The van der Waals surface area contributed by atoms with E-state index in [1.54, 1.807) is 16.8 Å². The van der Waals surface area contributed by atoms with Crippen LogP contribution in [0.1, 0.15) is 29.2 Å². The largest absolute Gasteiger partial charge is 0.457 e. The van der Waals surface area contributed by atoms with Gasteiger partial charge in [0, 0.05) is 18.7 Å². The highest BCUT2D eigenvalue weighted by Crippen LogP contribution is 2.36. The van der Waals surface area contributed by atoms with Gasteiger partial charge in [-0.05, 0) is 55.5 Å². The Balaban J connectivity index is 1.33. The van der Waals surface area contributed by atoms with Crippen LogP contribution in [0.15, 0.2) is 65.8 Å². The summed E-state index contributed by atoms with van der Waals surface area (Å²) in [6, 6.07) is 16.2. The standard InChI is InChI=1S/C30H24F4N6O2S/c1-43-27-20(22(31)23(32)24(33)25(27)34)30(41)39-13-5-6-17(14-39)40-29-21(28(35)36-15-37-29)26(38-40)16-9-11-19(12-10-16)42-18-7-3-2-4-8-18/h2-4,7-12,15,17H,5-6,13-14H2,1H3,(H2,35,36,37)/t17-/m1/s1. The fourth-order valence-electron chi connectivity index (χ4n) is 5.25. The van der Waals surface area contributed by atoms with E-state index in [9.17, 15) is 22.4 Å². The number of carbonyl (C=O) groups is 1. The molecule has 0 spiro atoms. The number of benzene rings is 3. The second-order valence-electron chi connectivity index (χ2n) is 9.90. The predicted molar refractivity (Wildman–Crippen MR) is 154 cm³/mol. The van der Waals surface area contributed by atoms with Gasteiger partial charge in [0.15, 0.2) is 28.9 Å². The Kier molecular flexibility index (Phi) is 7.65. The number of hydrogen-bond donors (Lipinski definition) is 1. The molecule has 2 N–H and O–H groups in total. The molecule has 8 nitrogen and oxygen atoms in total. The Morgan fingerprint density at radius 3 is 2.37 bits per heavy atom. The van der Waals surface area contributed by atoms with E-state index in [0.717, 1.165) is 5.56 Å². The first-order valence-corrected chi connectivity index (χ1v) is 14.5. The van der Waals surface area contributed by atoms with Gasteiger partial charge in [0.05, 0.1) is 21.9 Å². The van der Waals surface area contributed by atoms with Crippen LogP contribution in [0.5, 0.6) is 11.5 Å². The summed E-state index contributed by atoms with van der Waals surface area (Å²) in [5, 5.41) is 5.34. The molecule has 13 heteroatoms. The van der Waals surface area contributed by atoms with Crippen LogP contribution in [0.3, 0.4) is 0 Å². The van der Waals surface area contributed by atoms with E-state index in [1.165, 1.54) is 17.5 Å². The van der Waals surface area contributed by atoms with Crippen molar-refractivity contribution in [3.8, 4) is 22.8 Å². The van der Waals surface area contributed by atoms with Crippen LogP contribution in [-0.4, -0.2) is 49.9 Å². The van der Waals surface area contributed by atoms with Crippen molar-refractivity contribution in [2.75, 3.05) is 25.1 Å². The van der Waals surface area contributed by atoms with Crippen LogP contribution in [0.4, 0.5) is 23.4 Å². The van der Waals surface area contributed by atoms with E-state index >= 15 is 0 Å². The van der Waals surface area contributed by atoms with E-state index < -0.39 is 45.7 Å². The number of thioether (sulfide) groups is 1. The zero-order valence-corrected chi connectivity index (χ0v) is 23.5. The van der Waals surface area contributed by atoms with Crippen molar-refractivity contribution in [2.24, 2.45) is 0 Å². The maximum absolute atomic E-state index is 14.8. The zero-order valence-electron chi connectivity index (χ0n) is 22.7. The van der Waals surface area contributed by atoms with Crippen molar-refractivity contribution in [1.29, 1.82) is 0 Å². The summed E-state index contributed by atoms with van der Waals surface area (Å²) in [4.78, 5) is 22.7. The van der Waals surface area contributed by atoms with E-state index in [1.807, 2.05) is 42.5 Å². The first kappa shape index (κ1) is 28.5. The van der Waals surface area contributed by atoms with Gasteiger partial charge in [0.25, 0.3) is 5.91 Å². The van der Waals surface area contributed by atoms with Gasteiger partial charge in [0.1, 0.15) is 29.3 Å². The smallest absolute Gasteiger partial charge is 0.258 e. The SMILES string of the molecule is CSc1c(F)c(F)c(F)c(F)c1C(=O)N1CCC[C@@H](n2nc(-c3ccc(Oc4ccccc4)cc3)c3c(N)ncnc32)C1. The van der Waals surface area contributed by atoms with Crippen LogP contribution in [0, 0.1) is 23.3 Å². The van der Waals surface area contributed by atoms with E-state index in [4.69, 9.17) is 15.6 Å². The normalized spacial score (nSPS) is 15.2. The molecule has 2 aromatic heterocycles. The molecule has 0 saturated carbocycles. The third-order valence-corrected chi connectivity index (χ3v) is 8.09. The minimum absolute atomic E-state index is 0.0384. The third kappa shape index (κ3) is 5.13. The number of anilines is 1. The molecule has 1 fully saturated rings. The molecule has 0 unspecified atom stereocenters. The number of aromatic nitrogens is 4.